The number of likely N-dealkylation sites (tertiary alicyclic amines) is 1. The van der Waals surface area contributed by atoms with E-state index in [1.807, 2.05) is 27.7 Å². The van der Waals surface area contributed by atoms with Gasteiger partial charge in [-0.1, -0.05) is 12.1 Å². The Morgan fingerprint density at radius 2 is 1.69 bits per heavy atom. The monoisotopic (exact) mass is 358 g/mol. The second kappa shape index (κ2) is 6.41. The van der Waals surface area contributed by atoms with Crippen molar-refractivity contribution in [3.63, 3.8) is 0 Å². The standard InChI is InChI=1S/C20H26N2O4/c1-19(2,3)26-18(25)22-12-8-7-11-20(22,4)13-21-16(23)14-9-5-6-10-15(14)17(21)24/h5-6,9-10H,7-8,11-13H2,1-4H3. The number of piperidine rings is 1. The van der Waals surface area contributed by atoms with E-state index < -0.39 is 17.2 Å². The summed E-state index contributed by atoms with van der Waals surface area (Å²) in [6, 6.07) is 6.85. The number of rotatable bonds is 2. The van der Waals surface area contributed by atoms with Crippen LogP contribution in [0.3, 0.4) is 0 Å². The third-order valence-corrected chi connectivity index (χ3v) is 4.99. The van der Waals surface area contributed by atoms with Crippen LogP contribution in [0.25, 0.3) is 0 Å². The highest BCUT2D eigenvalue weighted by Crippen LogP contribution is 2.33. The van der Waals surface area contributed by atoms with Gasteiger partial charge in [0, 0.05) is 6.54 Å². The molecule has 0 spiro atoms. The van der Waals surface area contributed by atoms with Crippen molar-refractivity contribution >= 4 is 17.9 Å². The van der Waals surface area contributed by atoms with Crippen LogP contribution in [0, 0.1) is 0 Å². The van der Waals surface area contributed by atoms with Gasteiger partial charge >= 0.3 is 6.09 Å². The predicted octanol–water partition coefficient (Wildman–Crippen LogP) is 3.46. The van der Waals surface area contributed by atoms with Crippen LogP contribution in [0.2, 0.25) is 0 Å². The van der Waals surface area contributed by atoms with Gasteiger partial charge in [-0.25, -0.2) is 4.79 Å². The fourth-order valence-electron chi connectivity index (χ4n) is 3.70. The van der Waals surface area contributed by atoms with Crippen molar-refractivity contribution in [2.75, 3.05) is 13.1 Å². The lowest BCUT2D eigenvalue weighted by Crippen LogP contribution is -2.59. The van der Waals surface area contributed by atoms with Crippen LogP contribution >= 0.6 is 0 Å². The first-order chi connectivity index (χ1) is 12.1. The third kappa shape index (κ3) is 3.32. The minimum atomic E-state index is -0.631. The molecule has 2 aliphatic heterocycles. The van der Waals surface area contributed by atoms with Crippen LogP contribution in [0.15, 0.2) is 24.3 Å². The van der Waals surface area contributed by atoms with E-state index >= 15 is 0 Å². The molecule has 0 bridgehead atoms. The maximum absolute atomic E-state index is 12.7. The number of fused-ring (bicyclic) bond motifs is 1. The Bertz CT molecular complexity index is 717. The number of imide groups is 1. The number of ether oxygens (including phenoxy) is 1. The van der Waals surface area contributed by atoms with Crippen LogP contribution in [-0.4, -0.2) is 51.9 Å². The molecule has 0 N–H and O–H groups in total. The van der Waals surface area contributed by atoms with Crippen molar-refractivity contribution in [1.82, 2.24) is 9.80 Å². The zero-order valence-electron chi connectivity index (χ0n) is 15.9. The summed E-state index contributed by atoms with van der Waals surface area (Å²) in [5.41, 5.74) is -0.361. The summed E-state index contributed by atoms with van der Waals surface area (Å²) in [4.78, 5) is 41.1. The third-order valence-electron chi connectivity index (χ3n) is 4.99. The van der Waals surface area contributed by atoms with Gasteiger partial charge in [-0.3, -0.25) is 14.5 Å². The number of nitrogens with zero attached hydrogens (tertiary/aromatic N) is 2. The Balaban J connectivity index is 1.84. The maximum Gasteiger partial charge on any atom is 0.410 e. The van der Waals surface area contributed by atoms with Crippen LogP contribution in [0.4, 0.5) is 4.79 Å². The molecule has 1 atom stereocenters. The van der Waals surface area contributed by atoms with Crippen molar-refractivity contribution in [1.29, 1.82) is 0 Å². The van der Waals surface area contributed by atoms with Crippen molar-refractivity contribution < 1.29 is 19.1 Å². The van der Waals surface area contributed by atoms with Crippen LogP contribution in [0.5, 0.6) is 0 Å². The van der Waals surface area contributed by atoms with Gasteiger partial charge in [-0.15, -0.1) is 0 Å². The van der Waals surface area contributed by atoms with Gasteiger partial charge in [0.1, 0.15) is 5.60 Å². The van der Waals surface area contributed by atoms with Crippen molar-refractivity contribution in [3.8, 4) is 0 Å². The highest BCUT2D eigenvalue weighted by Gasteiger charge is 2.45. The quantitative estimate of drug-likeness (QED) is 0.759. The molecule has 1 fully saturated rings. The van der Waals surface area contributed by atoms with Crippen LogP contribution < -0.4 is 0 Å². The molecule has 0 aliphatic carbocycles. The molecule has 3 amide bonds. The van der Waals surface area contributed by atoms with E-state index in [2.05, 4.69) is 0 Å². The smallest absolute Gasteiger partial charge is 0.410 e. The lowest BCUT2D eigenvalue weighted by molar-refractivity contribution is -0.0179. The van der Waals surface area contributed by atoms with Gasteiger partial charge in [0.15, 0.2) is 0 Å². The van der Waals surface area contributed by atoms with E-state index in [4.69, 9.17) is 4.74 Å². The fraction of sp³-hybridized carbons (Fsp3) is 0.550. The molecule has 0 saturated carbocycles. The number of carbonyl (C=O) groups is 3. The number of hydrogen-bond acceptors (Lipinski definition) is 4. The van der Waals surface area contributed by atoms with Gasteiger partial charge in [0.25, 0.3) is 11.8 Å². The second-order valence-corrected chi connectivity index (χ2v) is 8.33. The van der Waals surface area contributed by atoms with Gasteiger partial charge in [0.2, 0.25) is 0 Å². The normalized spacial score (nSPS) is 23.2. The summed E-state index contributed by atoms with van der Waals surface area (Å²) in [5, 5.41) is 0. The highest BCUT2D eigenvalue weighted by molar-refractivity contribution is 6.21. The predicted molar refractivity (Wildman–Crippen MR) is 97.0 cm³/mol. The Kier molecular flexibility index (Phi) is 4.54. The second-order valence-electron chi connectivity index (χ2n) is 8.33. The molecule has 0 aromatic heterocycles. The molecular formula is C20H26N2O4. The molecule has 140 valence electrons. The van der Waals surface area contributed by atoms with E-state index in [0.29, 0.717) is 17.7 Å². The Morgan fingerprint density at radius 3 is 2.23 bits per heavy atom. The lowest BCUT2D eigenvalue weighted by Gasteiger charge is -2.46. The van der Waals surface area contributed by atoms with E-state index in [1.54, 1.807) is 29.2 Å². The molecule has 1 saturated heterocycles. The molecule has 6 nitrogen and oxygen atoms in total. The summed E-state index contributed by atoms with van der Waals surface area (Å²) in [6.07, 6.45) is 2.16. The molecule has 1 aromatic rings. The van der Waals surface area contributed by atoms with Crippen LogP contribution in [-0.2, 0) is 4.74 Å². The minimum absolute atomic E-state index is 0.179. The van der Waals surface area contributed by atoms with Gasteiger partial charge in [-0.05, 0) is 59.1 Å². The average molecular weight is 358 g/mol. The van der Waals surface area contributed by atoms with E-state index in [0.717, 1.165) is 19.3 Å². The van der Waals surface area contributed by atoms with Crippen LogP contribution in [0.1, 0.15) is 67.7 Å². The Hall–Kier alpha value is -2.37. The van der Waals surface area contributed by atoms with Gasteiger partial charge in [-0.2, -0.15) is 0 Å². The van der Waals surface area contributed by atoms with Crippen molar-refractivity contribution in [3.05, 3.63) is 35.4 Å². The zero-order chi connectivity index (χ0) is 19.1. The van der Waals surface area contributed by atoms with Crippen molar-refractivity contribution in [2.45, 2.75) is 58.1 Å². The largest absolute Gasteiger partial charge is 0.444 e. The van der Waals surface area contributed by atoms with E-state index in [1.165, 1.54) is 4.90 Å². The summed E-state index contributed by atoms with van der Waals surface area (Å²) < 4.78 is 5.55. The number of amides is 3. The SMILES string of the molecule is CC(C)(C)OC(=O)N1CCCCC1(C)CN1C(=O)c2ccccc2C1=O. The average Bonchev–Trinajstić information content (AvgIpc) is 2.79. The molecule has 0 radical (unpaired) electrons. The van der Waals surface area contributed by atoms with Gasteiger partial charge in [0.05, 0.1) is 23.2 Å². The summed E-state index contributed by atoms with van der Waals surface area (Å²) >= 11 is 0. The first kappa shape index (κ1) is 18.4. The molecule has 2 aliphatic rings. The zero-order valence-corrected chi connectivity index (χ0v) is 15.9. The Morgan fingerprint density at radius 1 is 1.12 bits per heavy atom. The first-order valence-electron chi connectivity index (χ1n) is 9.08. The molecule has 6 heteroatoms. The number of carbonyl (C=O) groups excluding carboxylic acids is 3. The number of hydrogen-bond donors (Lipinski definition) is 0. The molecule has 1 unspecified atom stereocenters. The summed E-state index contributed by atoms with van der Waals surface area (Å²) in [5.74, 6) is -0.580. The topological polar surface area (TPSA) is 66.9 Å². The number of benzene rings is 1. The summed E-state index contributed by atoms with van der Waals surface area (Å²) in [7, 11) is 0. The van der Waals surface area contributed by atoms with Crippen molar-refractivity contribution in [2.24, 2.45) is 0 Å². The summed E-state index contributed by atoms with van der Waals surface area (Å²) in [6.45, 7) is 8.16. The molecule has 1 aromatic carbocycles. The molecule has 3 rings (SSSR count). The first-order valence-corrected chi connectivity index (χ1v) is 9.08. The van der Waals surface area contributed by atoms with E-state index in [9.17, 15) is 14.4 Å². The molecular weight excluding hydrogens is 332 g/mol. The maximum atomic E-state index is 12.7. The lowest BCUT2D eigenvalue weighted by atomic mass is 9.88. The van der Waals surface area contributed by atoms with Gasteiger partial charge < -0.3 is 9.64 Å². The minimum Gasteiger partial charge on any atom is -0.444 e. The van der Waals surface area contributed by atoms with E-state index in [-0.39, 0.29) is 18.4 Å². The fourth-order valence-corrected chi connectivity index (χ4v) is 3.70. The molecule has 26 heavy (non-hydrogen) atoms. The highest BCUT2D eigenvalue weighted by atomic mass is 16.6. The molecule has 2 heterocycles. The Labute approximate surface area is 154 Å².